The van der Waals surface area contributed by atoms with Crippen molar-refractivity contribution < 1.29 is 0 Å². The lowest BCUT2D eigenvalue weighted by Crippen LogP contribution is -2.32. The molecule has 1 rings (SSSR count). The van der Waals surface area contributed by atoms with E-state index in [1.807, 2.05) is 0 Å². The fraction of sp³-hybridized carbons (Fsp3) is 1.00. The van der Waals surface area contributed by atoms with Crippen LogP contribution in [-0.2, 0) is 0 Å². The number of hydrogen-bond acceptors (Lipinski definition) is 1. The lowest BCUT2D eigenvalue weighted by molar-refractivity contribution is 0.336. The van der Waals surface area contributed by atoms with Gasteiger partial charge in [-0.05, 0) is 38.1 Å². The minimum atomic E-state index is 0.798. The van der Waals surface area contributed by atoms with Gasteiger partial charge in [-0.2, -0.15) is 0 Å². The van der Waals surface area contributed by atoms with E-state index in [-0.39, 0.29) is 0 Å². The smallest absolute Gasteiger partial charge is 0.00924 e. The highest BCUT2D eigenvalue weighted by atomic mass is 14.9. The Morgan fingerprint density at radius 3 is 2.10 bits per heavy atom. The van der Waals surface area contributed by atoms with E-state index in [2.05, 4.69) is 26.2 Å². The molecule has 1 N–H and O–H groups in total. The Morgan fingerprint density at radius 1 is 0.900 bits per heavy atom. The highest BCUT2D eigenvalue weighted by Gasteiger charge is 2.28. The van der Waals surface area contributed by atoms with Gasteiger partial charge in [-0.25, -0.2) is 0 Å². The molecule has 0 aromatic heterocycles. The predicted octanol–water partition coefficient (Wildman–Crippen LogP) is 5.93. The van der Waals surface area contributed by atoms with E-state index in [9.17, 15) is 0 Å². The number of hydrogen-bond donors (Lipinski definition) is 1. The van der Waals surface area contributed by atoms with Crippen molar-refractivity contribution >= 4 is 0 Å². The molecular weight excluding hydrogens is 242 g/mol. The van der Waals surface area contributed by atoms with Gasteiger partial charge in [0.15, 0.2) is 0 Å². The van der Waals surface area contributed by atoms with Gasteiger partial charge in [0.05, 0.1) is 0 Å². The lowest BCUT2D eigenvalue weighted by Gasteiger charge is -2.23. The van der Waals surface area contributed by atoms with Crippen molar-refractivity contribution in [2.24, 2.45) is 11.8 Å². The molecule has 0 aromatic rings. The molecule has 0 saturated heterocycles. The van der Waals surface area contributed by atoms with Crippen LogP contribution in [0.15, 0.2) is 0 Å². The second-order valence-corrected chi connectivity index (χ2v) is 7.01. The Morgan fingerprint density at radius 2 is 1.55 bits per heavy atom. The largest absolute Gasteiger partial charge is 0.317 e. The zero-order valence-corrected chi connectivity index (χ0v) is 14.4. The van der Waals surface area contributed by atoms with Crippen LogP contribution in [0, 0.1) is 11.8 Å². The maximum absolute atomic E-state index is 3.61. The summed E-state index contributed by atoms with van der Waals surface area (Å²) < 4.78 is 0. The van der Waals surface area contributed by atoms with Crippen LogP contribution in [-0.4, -0.2) is 13.1 Å². The van der Waals surface area contributed by atoms with Gasteiger partial charge in [-0.3, -0.25) is 0 Å². The fourth-order valence-corrected chi connectivity index (χ4v) is 3.96. The van der Waals surface area contributed by atoms with Crippen LogP contribution in [0.3, 0.4) is 0 Å². The fourth-order valence-electron chi connectivity index (χ4n) is 3.96. The van der Waals surface area contributed by atoms with E-state index in [1.54, 1.807) is 0 Å². The van der Waals surface area contributed by atoms with Gasteiger partial charge in [-0.15, -0.1) is 0 Å². The molecule has 0 bridgehead atoms. The summed E-state index contributed by atoms with van der Waals surface area (Å²) in [5.41, 5.74) is 0. The summed E-state index contributed by atoms with van der Waals surface area (Å²) in [5, 5.41) is 3.61. The van der Waals surface area contributed by atoms with Crippen LogP contribution >= 0.6 is 0 Å². The van der Waals surface area contributed by atoms with E-state index in [0.717, 1.165) is 17.9 Å². The van der Waals surface area contributed by atoms with Gasteiger partial charge in [0.25, 0.3) is 0 Å². The molecule has 0 amide bonds. The van der Waals surface area contributed by atoms with Crippen LogP contribution in [0.25, 0.3) is 0 Å². The molecule has 120 valence electrons. The van der Waals surface area contributed by atoms with Gasteiger partial charge in [0.1, 0.15) is 0 Å². The molecule has 1 nitrogen and oxygen atoms in total. The van der Waals surface area contributed by atoms with E-state index in [0.29, 0.717) is 0 Å². The average Bonchev–Trinajstić information content (AvgIpc) is 2.94. The Labute approximate surface area is 128 Å². The Kier molecular flexibility index (Phi) is 10.4. The minimum Gasteiger partial charge on any atom is -0.317 e. The van der Waals surface area contributed by atoms with Gasteiger partial charge in [-0.1, -0.05) is 78.1 Å². The average molecular weight is 282 g/mol. The van der Waals surface area contributed by atoms with Crippen molar-refractivity contribution in [3.63, 3.8) is 0 Å². The second kappa shape index (κ2) is 11.6. The SMILES string of the molecule is CCCCCCCCCCC(NC)C1CCC(CC)C1. The molecule has 3 atom stereocenters. The first kappa shape index (κ1) is 18.0. The normalized spacial score (nSPS) is 24.1. The summed E-state index contributed by atoms with van der Waals surface area (Å²) in [6, 6.07) is 0.798. The van der Waals surface area contributed by atoms with E-state index in [4.69, 9.17) is 0 Å². The third kappa shape index (κ3) is 7.11. The van der Waals surface area contributed by atoms with Crippen LogP contribution in [0.5, 0.6) is 0 Å². The quantitative estimate of drug-likeness (QED) is 0.437. The van der Waals surface area contributed by atoms with Gasteiger partial charge >= 0.3 is 0 Å². The van der Waals surface area contributed by atoms with E-state index in [1.165, 1.54) is 83.5 Å². The molecule has 0 spiro atoms. The highest BCUT2D eigenvalue weighted by molar-refractivity contribution is 4.83. The topological polar surface area (TPSA) is 12.0 Å². The zero-order valence-electron chi connectivity index (χ0n) is 14.4. The van der Waals surface area contributed by atoms with E-state index < -0.39 is 0 Å². The van der Waals surface area contributed by atoms with Crippen molar-refractivity contribution in [3.8, 4) is 0 Å². The maximum Gasteiger partial charge on any atom is 0.00924 e. The molecule has 1 heteroatoms. The van der Waals surface area contributed by atoms with Crippen molar-refractivity contribution in [1.82, 2.24) is 5.32 Å². The molecule has 0 aromatic carbocycles. The summed E-state index contributed by atoms with van der Waals surface area (Å²) in [7, 11) is 2.18. The zero-order chi connectivity index (χ0) is 14.6. The van der Waals surface area contributed by atoms with Crippen molar-refractivity contribution in [3.05, 3.63) is 0 Å². The Hall–Kier alpha value is -0.0400. The monoisotopic (exact) mass is 281 g/mol. The summed E-state index contributed by atoms with van der Waals surface area (Å²) in [4.78, 5) is 0. The summed E-state index contributed by atoms with van der Waals surface area (Å²) in [6.45, 7) is 4.66. The lowest BCUT2D eigenvalue weighted by atomic mass is 9.91. The summed E-state index contributed by atoms with van der Waals surface area (Å²) in [6.07, 6.45) is 18.8. The molecule has 0 aliphatic heterocycles. The molecule has 1 fully saturated rings. The molecule has 1 aliphatic carbocycles. The summed E-state index contributed by atoms with van der Waals surface area (Å²) >= 11 is 0. The van der Waals surface area contributed by atoms with Crippen LogP contribution in [0.1, 0.15) is 97.3 Å². The third-order valence-corrected chi connectivity index (χ3v) is 5.47. The van der Waals surface area contributed by atoms with Crippen LogP contribution in [0.4, 0.5) is 0 Å². The highest BCUT2D eigenvalue weighted by Crippen LogP contribution is 2.36. The first-order valence-electron chi connectivity index (χ1n) is 9.49. The molecule has 1 saturated carbocycles. The first-order chi connectivity index (χ1) is 9.81. The number of rotatable bonds is 12. The van der Waals surface area contributed by atoms with Crippen molar-refractivity contribution in [2.75, 3.05) is 7.05 Å². The van der Waals surface area contributed by atoms with Crippen molar-refractivity contribution in [1.29, 1.82) is 0 Å². The molecule has 3 unspecified atom stereocenters. The number of unbranched alkanes of at least 4 members (excludes halogenated alkanes) is 7. The molecular formula is C19H39N. The van der Waals surface area contributed by atoms with Crippen molar-refractivity contribution in [2.45, 2.75) is 103 Å². The molecule has 1 aliphatic rings. The van der Waals surface area contributed by atoms with Crippen LogP contribution < -0.4 is 5.32 Å². The number of nitrogens with one attached hydrogen (secondary N) is 1. The Balaban J connectivity index is 2.01. The molecule has 20 heavy (non-hydrogen) atoms. The predicted molar refractivity (Wildman–Crippen MR) is 91.2 cm³/mol. The van der Waals surface area contributed by atoms with Gasteiger partial charge in [0, 0.05) is 6.04 Å². The minimum absolute atomic E-state index is 0.798. The third-order valence-electron chi connectivity index (χ3n) is 5.47. The summed E-state index contributed by atoms with van der Waals surface area (Å²) in [5.74, 6) is 1.99. The van der Waals surface area contributed by atoms with Gasteiger partial charge in [0.2, 0.25) is 0 Å². The van der Waals surface area contributed by atoms with Gasteiger partial charge < -0.3 is 5.32 Å². The molecule has 0 radical (unpaired) electrons. The van der Waals surface area contributed by atoms with Crippen LogP contribution in [0.2, 0.25) is 0 Å². The maximum atomic E-state index is 3.61. The van der Waals surface area contributed by atoms with E-state index >= 15 is 0 Å². The first-order valence-corrected chi connectivity index (χ1v) is 9.49. The molecule has 0 heterocycles. The second-order valence-electron chi connectivity index (χ2n) is 7.01. The Bertz CT molecular complexity index is 214. The standard InChI is InChI=1S/C19H39N/c1-4-6-7-8-9-10-11-12-13-19(20-3)18-15-14-17(5-2)16-18/h17-20H,4-16H2,1-3H3.